The smallest absolute Gasteiger partial charge is 0.134 e. The predicted octanol–water partition coefficient (Wildman–Crippen LogP) is 2.14. The number of anilines is 1. The van der Waals surface area contributed by atoms with Crippen LogP contribution in [0.3, 0.4) is 0 Å². The third kappa shape index (κ3) is 1.84. The van der Waals surface area contributed by atoms with Crippen LogP contribution in [0.15, 0.2) is 18.3 Å². The summed E-state index contributed by atoms with van der Waals surface area (Å²) in [7, 11) is 0. The Kier molecular flexibility index (Phi) is 2.33. The maximum absolute atomic E-state index is 5.36. The van der Waals surface area contributed by atoms with Crippen molar-refractivity contribution in [2.24, 2.45) is 0 Å². The van der Waals surface area contributed by atoms with Gasteiger partial charge in [-0.3, -0.25) is 0 Å². The number of hydrogen-bond donors (Lipinski definition) is 0. The Morgan fingerprint density at radius 2 is 2.07 bits per heavy atom. The summed E-state index contributed by atoms with van der Waals surface area (Å²) in [5.41, 5.74) is 1.28. The summed E-state index contributed by atoms with van der Waals surface area (Å²) in [6, 6.07) is 4.15. The van der Waals surface area contributed by atoms with E-state index in [-0.39, 0.29) is 0 Å². The molecule has 2 aliphatic rings. The highest BCUT2D eigenvalue weighted by atomic mass is 16.6. The van der Waals surface area contributed by atoms with Gasteiger partial charge >= 0.3 is 0 Å². The van der Waals surface area contributed by atoms with Gasteiger partial charge in [0.05, 0.1) is 6.61 Å². The van der Waals surface area contributed by atoms with Crippen LogP contribution in [0.5, 0.6) is 0 Å². The summed E-state index contributed by atoms with van der Waals surface area (Å²) in [4.78, 5) is 6.91. The zero-order valence-electron chi connectivity index (χ0n) is 8.85. The lowest BCUT2D eigenvalue weighted by molar-refractivity contribution is 0.414. The van der Waals surface area contributed by atoms with Gasteiger partial charge < -0.3 is 9.64 Å². The van der Waals surface area contributed by atoms with Crippen molar-refractivity contribution in [1.82, 2.24) is 4.98 Å². The number of aromatic nitrogens is 1. The molecule has 0 amide bonds. The first-order valence-corrected chi connectivity index (χ1v) is 5.76. The van der Waals surface area contributed by atoms with Gasteiger partial charge in [-0.25, -0.2) is 4.98 Å². The normalized spacial score (nSPS) is 25.3. The van der Waals surface area contributed by atoms with Crippen molar-refractivity contribution in [2.45, 2.75) is 25.4 Å². The number of rotatable bonds is 2. The van der Waals surface area contributed by atoms with Crippen LogP contribution in [0.2, 0.25) is 0 Å². The van der Waals surface area contributed by atoms with Crippen LogP contribution in [0.25, 0.3) is 0 Å². The molecule has 0 aromatic carbocycles. The Hall–Kier alpha value is -1.09. The van der Waals surface area contributed by atoms with E-state index in [0.29, 0.717) is 6.10 Å². The number of nitrogens with zero attached hydrogens (tertiary/aromatic N) is 2. The molecule has 0 N–H and O–H groups in total. The molecule has 80 valence electrons. The molecule has 0 bridgehead atoms. The fourth-order valence-electron chi connectivity index (χ4n) is 2.26. The molecular weight excluding hydrogens is 188 g/mol. The van der Waals surface area contributed by atoms with Gasteiger partial charge in [0.1, 0.15) is 11.9 Å². The number of piperidine rings is 1. The minimum absolute atomic E-state index is 0.315. The van der Waals surface area contributed by atoms with Crippen LogP contribution in [-0.2, 0) is 4.74 Å². The van der Waals surface area contributed by atoms with Gasteiger partial charge in [0.25, 0.3) is 0 Å². The summed E-state index contributed by atoms with van der Waals surface area (Å²) in [5.74, 6) is 1.15. The molecule has 15 heavy (non-hydrogen) atoms. The third-order valence-electron chi connectivity index (χ3n) is 3.15. The zero-order valence-corrected chi connectivity index (χ0v) is 8.85. The first-order valence-electron chi connectivity index (χ1n) is 5.76. The summed E-state index contributed by atoms with van der Waals surface area (Å²) in [6.45, 7) is 3.17. The number of epoxide rings is 1. The monoisotopic (exact) mass is 204 g/mol. The highest BCUT2D eigenvalue weighted by Gasteiger charge is 2.29. The SMILES string of the molecule is c1cnc(N2CCCCC2)c([C@@H]2CO2)c1. The molecule has 0 spiro atoms. The summed E-state index contributed by atoms with van der Waals surface area (Å²) in [6.07, 6.45) is 6.15. The van der Waals surface area contributed by atoms with Gasteiger partial charge in [-0.2, -0.15) is 0 Å². The van der Waals surface area contributed by atoms with E-state index >= 15 is 0 Å². The van der Waals surface area contributed by atoms with Crippen LogP contribution in [-0.4, -0.2) is 24.7 Å². The van der Waals surface area contributed by atoms with Gasteiger partial charge in [0.15, 0.2) is 0 Å². The quantitative estimate of drug-likeness (QED) is 0.691. The van der Waals surface area contributed by atoms with Gasteiger partial charge in [-0.1, -0.05) is 6.07 Å². The van der Waals surface area contributed by atoms with Gasteiger partial charge in [-0.15, -0.1) is 0 Å². The molecule has 3 rings (SSSR count). The molecular formula is C12H16N2O. The number of pyridine rings is 1. The van der Waals surface area contributed by atoms with E-state index in [1.54, 1.807) is 0 Å². The average Bonchev–Trinajstić information content (AvgIpc) is 3.14. The van der Waals surface area contributed by atoms with Gasteiger partial charge in [0.2, 0.25) is 0 Å². The van der Waals surface area contributed by atoms with Gasteiger partial charge in [0, 0.05) is 24.8 Å². The number of hydrogen-bond acceptors (Lipinski definition) is 3. The molecule has 2 fully saturated rings. The van der Waals surface area contributed by atoms with Crippen molar-refractivity contribution in [3.8, 4) is 0 Å². The first-order chi connectivity index (χ1) is 7.45. The second-order valence-corrected chi connectivity index (χ2v) is 4.29. The average molecular weight is 204 g/mol. The molecule has 3 nitrogen and oxygen atoms in total. The summed E-state index contributed by atoms with van der Waals surface area (Å²) >= 11 is 0. The van der Waals surface area contributed by atoms with Crippen molar-refractivity contribution >= 4 is 5.82 Å². The van der Waals surface area contributed by atoms with Crippen molar-refractivity contribution in [2.75, 3.05) is 24.6 Å². The van der Waals surface area contributed by atoms with E-state index in [2.05, 4.69) is 16.0 Å². The molecule has 3 heteroatoms. The first kappa shape index (κ1) is 9.16. The largest absolute Gasteiger partial charge is 0.368 e. The third-order valence-corrected chi connectivity index (χ3v) is 3.15. The molecule has 0 unspecified atom stereocenters. The Morgan fingerprint density at radius 3 is 2.80 bits per heavy atom. The topological polar surface area (TPSA) is 28.7 Å². The van der Waals surface area contributed by atoms with Crippen molar-refractivity contribution in [3.05, 3.63) is 23.9 Å². The Bertz CT molecular complexity index is 343. The second-order valence-electron chi connectivity index (χ2n) is 4.29. The van der Waals surface area contributed by atoms with E-state index in [4.69, 9.17) is 4.74 Å². The van der Waals surface area contributed by atoms with Crippen molar-refractivity contribution in [3.63, 3.8) is 0 Å². The fourth-order valence-corrected chi connectivity index (χ4v) is 2.26. The Labute approximate surface area is 90.1 Å². The van der Waals surface area contributed by atoms with Crippen LogP contribution >= 0.6 is 0 Å². The van der Waals surface area contributed by atoms with Gasteiger partial charge in [-0.05, 0) is 25.3 Å². The van der Waals surface area contributed by atoms with Crippen LogP contribution in [0.4, 0.5) is 5.82 Å². The standard InChI is InChI=1S/C12H16N2O/c1-2-7-14(8-3-1)12-10(11-9-15-11)5-4-6-13-12/h4-6,11H,1-3,7-9H2/t11-/m0/s1. The Morgan fingerprint density at radius 1 is 1.27 bits per heavy atom. The summed E-state index contributed by atoms with van der Waals surface area (Å²) < 4.78 is 5.36. The second kappa shape index (κ2) is 3.81. The lowest BCUT2D eigenvalue weighted by Gasteiger charge is -2.29. The van der Waals surface area contributed by atoms with Crippen LogP contribution in [0, 0.1) is 0 Å². The van der Waals surface area contributed by atoms with E-state index in [9.17, 15) is 0 Å². The minimum Gasteiger partial charge on any atom is -0.368 e. The molecule has 0 saturated carbocycles. The maximum Gasteiger partial charge on any atom is 0.134 e. The molecule has 2 aliphatic heterocycles. The highest BCUT2D eigenvalue weighted by Crippen LogP contribution is 2.35. The minimum atomic E-state index is 0.315. The predicted molar refractivity (Wildman–Crippen MR) is 59.0 cm³/mol. The fraction of sp³-hybridized carbons (Fsp3) is 0.583. The zero-order chi connectivity index (χ0) is 10.1. The lowest BCUT2D eigenvalue weighted by atomic mass is 10.1. The van der Waals surface area contributed by atoms with Crippen LogP contribution in [0.1, 0.15) is 30.9 Å². The lowest BCUT2D eigenvalue weighted by Crippen LogP contribution is -2.31. The van der Waals surface area contributed by atoms with E-state index in [1.807, 2.05) is 12.3 Å². The molecule has 1 atom stereocenters. The molecule has 0 radical (unpaired) electrons. The highest BCUT2D eigenvalue weighted by molar-refractivity contribution is 5.49. The van der Waals surface area contributed by atoms with E-state index in [1.165, 1.54) is 24.8 Å². The summed E-state index contributed by atoms with van der Waals surface area (Å²) in [5, 5.41) is 0. The van der Waals surface area contributed by atoms with Crippen molar-refractivity contribution < 1.29 is 4.74 Å². The molecule has 0 aliphatic carbocycles. The Balaban J connectivity index is 1.88. The molecule has 1 aromatic rings. The molecule has 1 aromatic heterocycles. The number of ether oxygens (including phenoxy) is 1. The maximum atomic E-state index is 5.36. The molecule has 3 heterocycles. The van der Waals surface area contributed by atoms with E-state index in [0.717, 1.165) is 25.5 Å². The van der Waals surface area contributed by atoms with Crippen LogP contribution < -0.4 is 4.90 Å². The van der Waals surface area contributed by atoms with E-state index < -0.39 is 0 Å². The van der Waals surface area contributed by atoms with Crippen molar-refractivity contribution in [1.29, 1.82) is 0 Å². The molecule has 2 saturated heterocycles.